The van der Waals surface area contributed by atoms with E-state index in [4.69, 9.17) is 4.74 Å². The predicted octanol–water partition coefficient (Wildman–Crippen LogP) is 0.988. The third-order valence-electron chi connectivity index (χ3n) is 2.43. The van der Waals surface area contributed by atoms with E-state index in [-0.39, 0.29) is 11.9 Å². The second kappa shape index (κ2) is 3.80. The minimum absolute atomic E-state index is 0.00824. The zero-order valence-electron chi connectivity index (χ0n) is 8.12. The molecule has 14 heavy (non-hydrogen) atoms. The Balaban J connectivity index is 2.24. The molecule has 1 aliphatic rings. The minimum Gasteiger partial charge on any atom is -0.383 e. The smallest absolute Gasteiger partial charge is 0.251 e. The Kier molecular flexibility index (Phi) is 2.50. The SMILES string of the molecule is COCC1Cc2ccccc2C(=O)N1. The van der Waals surface area contributed by atoms with E-state index in [0.29, 0.717) is 6.61 Å². The Labute approximate surface area is 83.1 Å². The van der Waals surface area contributed by atoms with Crippen LogP contribution in [0.1, 0.15) is 15.9 Å². The quantitative estimate of drug-likeness (QED) is 0.757. The molecule has 0 aromatic heterocycles. The Hall–Kier alpha value is -1.35. The summed E-state index contributed by atoms with van der Waals surface area (Å²) in [5.74, 6) is 0.00824. The van der Waals surface area contributed by atoms with Crippen molar-refractivity contribution < 1.29 is 9.53 Å². The summed E-state index contributed by atoms with van der Waals surface area (Å²) in [5.41, 5.74) is 1.90. The Morgan fingerprint density at radius 3 is 3.07 bits per heavy atom. The number of hydrogen-bond donors (Lipinski definition) is 1. The Morgan fingerprint density at radius 1 is 1.50 bits per heavy atom. The fraction of sp³-hybridized carbons (Fsp3) is 0.364. The molecule has 0 radical (unpaired) electrons. The van der Waals surface area contributed by atoms with Crippen molar-refractivity contribution in [1.82, 2.24) is 5.32 Å². The predicted molar refractivity (Wildman–Crippen MR) is 53.3 cm³/mol. The summed E-state index contributed by atoms with van der Waals surface area (Å²) in [6.45, 7) is 0.570. The number of ether oxygens (including phenoxy) is 1. The van der Waals surface area contributed by atoms with E-state index in [1.807, 2.05) is 24.3 Å². The molecule has 1 aromatic rings. The van der Waals surface area contributed by atoms with Gasteiger partial charge in [0.2, 0.25) is 0 Å². The van der Waals surface area contributed by atoms with Crippen LogP contribution in [0.2, 0.25) is 0 Å². The molecule has 3 heteroatoms. The molecule has 2 rings (SSSR count). The molecule has 1 aliphatic heterocycles. The molecule has 1 amide bonds. The highest BCUT2D eigenvalue weighted by molar-refractivity contribution is 5.96. The van der Waals surface area contributed by atoms with Gasteiger partial charge in [0.25, 0.3) is 5.91 Å². The van der Waals surface area contributed by atoms with Crippen molar-refractivity contribution in [2.24, 2.45) is 0 Å². The van der Waals surface area contributed by atoms with E-state index in [1.54, 1.807) is 7.11 Å². The van der Waals surface area contributed by atoms with Crippen LogP contribution in [0, 0.1) is 0 Å². The molecule has 1 aromatic carbocycles. The maximum Gasteiger partial charge on any atom is 0.251 e. The molecule has 0 aliphatic carbocycles. The van der Waals surface area contributed by atoms with Crippen molar-refractivity contribution in [3.8, 4) is 0 Å². The first-order valence-corrected chi connectivity index (χ1v) is 4.69. The van der Waals surface area contributed by atoms with Crippen molar-refractivity contribution >= 4 is 5.91 Å². The van der Waals surface area contributed by atoms with Gasteiger partial charge in [-0.2, -0.15) is 0 Å². The lowest BCUT2D eigenvalue weighted by Gasteiger charge is -2.24. The van der Waals surface area contributed by atoms with Crippen LogP contribution in [0.5, 0.6) is 0 Å². The number of fused-ring (bicyclic) bond motifs is 1. The van der Waals surface area contributed by atoms with Gasteiger partial charge < -0.3 is 10.1 Å². The average molecular weight is 191 g/mol. The minimum atomic E-state index is 0.00824. The van der Waals surface area contributed by atoms with Crippen LogP contribution in [0.4, 0.5) is 0 Å². The fourth-order valence-electron chi connectivity index (χ4n) is 1.80. The summed E-state index contributed by atoms with van der Waals surface area (Å²) in [5, 5.41) is 2.91. The van der Waals surface area contributed by atoms with Gasteiger partial charge in [0, 0.05) is 12.7 Å². The van der Waals surface area contributed by atoms with Crippen molar-refractivity contribution in [3.05, 3.63) is 35.4 Å². The third kappa shape index (κ3) is 1.63. The first kappa shape index (κ1) is 9.21. The summed E-state index contributed by atoms with van der Waals surface area (Å²) in [4.78, 5) is 11.6. The van der Waals surface area contributed by atoms with Gasteiger partial charge >= 0.3 is 0 Å². The third-order valence-corrected chi connectivity index (χ3v) is 2.43. The first-order chi connectivity index (χ1) is 6.81. The monoisotopic (exact) mass is 191 g/mol. The zero-order chi connectivity index (χ0) is 9.97. The van der Waals surface area contributed by atoms with E-state index in [9.17, 15) is 4.79 Å². The number of methoxy groups -OCH3 is 1. The van der Waals surface area contributed by atoms with Crippen LogP contribution in [0.3, 0.4) is 0 Å². The van der Waals surface area contributed by atoms with Crippen LogP contribution < -0.4 is 5.32 Å². The van der Waals surface area contributed by atoms with Gasteiger partial charge in [-0.3, -0.25) is 4.79 Å². The first-order valence-electron chi connectivity index (χ1n) is 4.69. The summed E-state index contributed by atoms with van der Waals surface area (Å²) in [7, 11) is 1.65. The van der Waals surface area contributed by atoms with Gasteiger partial charge in [-0.1, -0.05) is 18.2 Å². The van der Waals surface area contributed by atoms with Gasteiger partial charge in [-0.15, -0.1) is 0 Å². The lowest BCUT2D eigenvalue weighted by molar-refractivity contribution is 0.0879. The maximum absolute atomic E-state index is 11.6. The van der Waals surface area contributed by atoms with E-state index in [1.165, 1.54) is 0 Å². The molecule has 74 valence electrons. The number of amides is 1. The molecular formula is C11H13NO2. The van der Waals surface area contributed by atoms with Crippen molar-refractivity contribution in [3.63, 3.8) is 0 Å². The van der Waals surface area contributed by atoms with Crippen LogP contribution in [-0.2, 0) is 11.2 Å². The summed E-state index contributed by atoms with van der Waals surface area (Å²) >= 11 is 0. The van der Waals surface area contributed by atoms with Crippen LogP contribution in [0.15, 0.2) is 24.3 Å². The average Bonchev–Trinajstić information content (AvgIpc) is 2.18. The van der Waals surface area contributed by atoms with Gasteiger partial charge in [0.1, 0.15) is 0 Å². The normalized spacial score (nSPS) is 20.1. The van der Waals surface area contributed by atoms with Crippen LogP contribution >= 0.6 is 0 Å². The molecule has 1 atom stereocenters. The second-order valence-electron chi connectivity index (χ2n) is 3.49. The van der Waals surface area contributed by atoms with E-state index >= 15 is 0 Å². The lowest BCUT2D eigenvalue weighted by atomic mass is 9.96. The molecule has 0 fully saturated rings. The summed E-state index contributed by atoms with van der Waals surface area (Å²) in [6.07, 6.45) is 0.857. The van der Waals surface area contributed by atoms with Gasteiger partial charge in [0.05, 0.1) is 12.6 Å². The largest absolute Gasteiger partial charge is 0.383 e. The Bertz CT molecular complexity index is 349. The molecule has 0 saturated carbocycles. The highest BCUT2D eigenvalue weighted by atomic mass is 16.5. The second-order valence-corrected chi connectivity index (χ2v) is 3.49. The molecule has 0 bridgehead atoms. The maximum atomic E-state index is 11.6. The van der Waals surface area contributed by atoms with E-state index in [0.717, 1.165) is 17.5 Å². The van der Waals surface area contributed by atoms with Crippen LogP contribution in [0.25, 0.3) is 0 Å². The number of carbonyl (C=O) groups is 1. The highest BCUT2D eigenvalue weighted by Crippen LogP contribution is 2.16. The van der Waals surface area contributed by atoms with Crippen LogP contribution in [-0.4, -0.2) is 25.7 Å². The molecule has 0 spiro atoms. The summed E-state index contributed by atoms with van der Waals surface area (Å²) < 4.78 is 5.03. The molecule has 0 saturated heterocycles. The van der Waals surface area contributed by atoms with E-state index in [2.05, 4.69) is 5.32 Å². The standard InChI is InChI=1S/C11H13NO2/c1-14-7-9-6-8-4-2-3-5-10(8)11(13)12-9/h2-5,9H,6-7H2,1H3,(H,12,13). The Morgan fingerprint density at radius 2 is 2.29 bits per heavy atom. The number of rotatable bonds is 2. The van der Waals surface area contributed by atoms with Gasteiger partial charge in [0.15, 0.2) is 0 Å². The molecular weight excluding hydrogens is 178 g/mol. The zero-order valence-corrected chi connectivity index (χ0v) is 8.12. The highest BCUT2D eigenvalue weighted by Gasteiger charge is 2.22. The van der Waals surface area contributed by atoms with Gasteiger partial charge in [-0.25, -0.2) is 0 Å². The van der Waals surface area contributed by atoms with Crippen molar-refractivity contribution in [2.75, 3.05) is 13.7 Å². The number of nitrogens with one attached hydrogen (secondary N) is 1. The van der Waals surface area contributed by atoms with Gasteiger partial charge in [-0.05, 0) is 18.1 Å². The lowest BCUT2D eigenvalue weighted by Crippen LogP contribution is -2.43. The number of benzene rings is 1. The fourth-order valence-corrected chi connectivity index (χ4v) is 1.80. The summed E-state index contributed by atoms with van der Waals surface area (Å²) in [6, 6.07) is 7.81. The van der Waals surface area contributed by atoms with Crippen molar-refractivity contribution in [2.45, 2.75) is 12.5 Å². The number of hydrogen-bond acceptors (Lipinski definition) is 2. The molecule has 3 nitrogen and oxygen atoms in total. The molecule has 1 heterocycles. The number of carbonyl (C=O) groups excluding carboxylic acids is 1. The topological polar surface area (TPSA) is 38.3 Å². The van der Waals surface area contributed by atoms with E-state index < -0.39 is 0 Å². The molecule has 1 N–H and O–H groups in total. The molecule has 1 unspecified atom stereocenters. The van der Waals surface area contributed by atoms with Crippen molar-refractivity contribution in [1.29, 1.82) is 0 Å².